The maximum absolute atomic E-state index is 14.3. The molecule has 0 radical (unpaired) electrons. The van der Waals surface area contributed by atoms with Crippen LogP contribution in [0.25, 0.3) is 6.08 Å². The average molecular weight is 521 g/mol. The van der Waals surface area contributed by atoms with E-state index in [4.69, 9.17) is 4.74 Å². The Labute approximate surface area is 225 Å². The number of rotatable bonds is 7. The van der Waals surface area contributed by atoms with Gasteiger partial charge in [-0.05, 0) is 66.1 Å². The molecule has 0 spiro atoms. The van der Waals surface area contributed by atoms with Gasteiger partial charge in [0.25, 0.3) is 11.8 Å². The molecule has 0 aromatic heterocycles. The van der Waals surface area contributed by atoms with Crippen LogP contribution in [0, 0.1) is 5.82 Å². The number of hydrogen-bond donors (Lipinski definition) is 0. The molecular weight excluding hydrogens is 495 g/mol. The van der Waals surface area contributed by atoms with Crippen LogP contribution < -0.4 is 14.5 Å². The summed E-state index contributed by atoms with van der Waals surface area (Å²) in [6.45, 7) is 2.22. The smallest absolute Gasteiger partial charge is 0.343 e. The first-order valence-corrected chi connectivity index (χ1v) is 12.5. The van der Waals surface area contributed by atoms with Crippen molar-refractivity contribution < 1.29 is 23.5 Å². The number of halogens is 1. The lowest BCUT2D eigenvalue weighted by molar-refractivity contribution is -0.121. The maximum Gasteiger partial charge on any atom is 0.343 e. The van der Waals surface area contributed by atoms with Gasteiger partial charge in [-0.3, -0.25) is 9.59 Å². The molecule has 0 atom stereocenters. The van der Waals surface area contributed by atoms with Gasteiger partial charge in [0.15, 0.2) is 0 Å². The summed E-state index contributed by atoms with van der Waals surface area (Å²) < 4.78 is 20.1. The van der Waals surface area contributed by atoms with Gasteiger partial charge in [-0.15, -0.1) is 0 Å². The van der Waals surface area contributed by atoms with E-state index in [0.717, 1.165) is 15.4 Å². The van der Waals surface area contributed by atoms with Crippen LogP contribution in [0.1, 0.15) is 23.6 Å². The second-order valence-electron chi connectivity index (χ2n) is 8.86. The van der Waals surface area contributed by atoms with E-state index in [-0.39, 0.29) is 11.4 Å². The summed E-state index contributed by atoms with van der Waals surface area (Å²) in [7, 11) is 0. The summed E-state index contributed by atoms with van der Waals surface area (Å²) in [6, 6.07) is 28.0. The summed E-state index contributed by atoms with van der Waals surface area (Å²) in [5, 5.41) is 0. The van der Waals surface area contributed by atoms with Gasteiger partial charge >= 0.3 is 6.03 Å². The number of ether oxygens (including phenoxy) is 1. The zero-order valence-corrected chi connectivity index (χ0v) is 21.2. The molecule has 5 rings (SSSR count). The molecule has 4 amide bonds. The molecule has 0 saturated carbocycles. The van der Waals surface area contributed by atoms with Crippen LogP contribution in [-0.2, 0) is 16.0 Å². The number of amides is 4. The Morgan fingerprint density at radius 2 is 1.28 bits per heavy atom. The van der Waals surface area contributed by atoms with Gasteiger partial charge in [0.05, 0.1) is 18.0 Å². The third kappa shape index (κ3) is 5.20. The summed E-state index contributed by atoms with van der Waals surface area (Å²) in [6.07, 6.45) is 1.77. The van der Waals surface area contributed by atoms with Gasteiger partial charge in [0.2, 0.25) is 0 Å². The molecule has 1 aliphatic heterocycles. The molecule has 1 heterocycles. The SMILES string of the molecule is CCOc1cc(C=C2C(=O)N(c3ccccc3)C(=O)N(c3ccccc3)C2=O)ccc1Cc1ccccc1F. The second-order valence-corrected chi connectivity index (χ2v) is 8.86. The van der Waals surface area contributed by atoms with Crippen molar-refractivity contribution in [3.05, 3.63) is 131 Å². The summed E-state index contributed by atoms with van der Waals surface area (Å²) in [5.41, 5.74) is 2.34. The molecule has 0 aliphatic carbocycles. The molecule has 4 aromatic carbocycles. The molecule has 194 valence electrons. The highest BCUT2D eigenvalue weighted by atomic mass is 19.1. The quantitative estimate of drug-likeness (QED) is 0.209. The first kappa shape index (κ1) is 25.6. The predicted octanol–water partition coefficient (Wildman–Crippen LogP) is 6.40. The van der Waals surface area contributed by atoms with E-state index < -0.39 is 17.8 Å². The molecule has 1 fully saturated rings. The molecule has 4 aromatic rings. The Morgan fingerprint density at radius 3 is 1.85 bits per heavy atom. The third-order valence-corrected chi connectivity index (χ3v) is 6.32. The van der Waals surface area contributed by atoms with Crippen molar-refractivity contribution in [3.63, 3.8) is 0 Å². The lowest BCUT2D eigenvalue weighted by atomic mass is 10.00. The monoisotopic (exact) mass is 520 g/mol. The van der Waals surface area contributed by atoms with E-state index in [1.807, 2.05) is 6.92 Å². The number of imide groups is 2. The van der Waals surface area contributed by atoms with Gasteiger partial charge in [-0.25, -0.2) is 19.0 Å². The van der Waals surface area contributed by atoms with Gasteiger partial charge in [-0.2, -0.15) is 0 Å². The van der Waals surface area contributed by atoms with Gasteiger partial charge in [-0.1, -0.05) is 66.7 Å². The predicted molar refractivity (Wildman–Crippen MR) is 148 cm³/mol. The number of nitrogens with zero attached hydrogens (tertiary/aromatic N) is 2. The first-order valence-electron chi connectivity index (χ1n) is 12.5. The second kappa shape index (κ2) is 11.1. The Kier molecular flexibility index (Phi) is 7.32. The third-order valence-electron chi connectivity index (χ3n) is 6.32. The first-order chi connectivity index (χ1) is 19.0. The van der Waals surface area contributed by atoms with Crippen molar-refractivity contribution >= 4 is 35.3 Å². The Balaban J connectivity index is 1.57. The zero-order chi connectivity index (χ0) is 27.4. The molecule has 0 unspecified atom stereocenters. The number of hydrogen-bond acceptors (Lipinski definition) is 4. The van der Waals surface area contributed by atoms with Crippen LogP contribution in [0.15, 0.2) is 109 Å². The van der Waals surface area contributed by atoms with Crippen molar-refractivity contribution in [2.75, 3.05) is 16.4 Å². The minimum Gasteiger partial charge on any atom is -0.494 e. The van der Waals surface area contributed by atoms with Crippen molar-refractivity contribution in [3.8, 4) is 5.75 Å². The number of barbiturate groups is 1. The minimum absolute atomic E-state index is 0.174. The fourth-order valence-electron chi connectivity index (χ4n) is 4.45. The topological polar surface area (TPSA) is 66.9 Å². The summed E-state index contributed by atoms with van der Waals surface area (Å²) >= 11 is 0. The molecule has 1 aliphatic rings. The largest absolute Gasteiger partial charge is 0.494 e. The molecule has 39 heavy (non-hydrogen) atoms. The molecule has 6 nitrogen and oxygen atoms in total. The van der Waals surface area contributed by atoms with Crippen LogP contribution in [0.2, 0.25) is 0 Å². The summed E-state index contributed by atoms with van der Waals surface area (Å²) in [4.78, 5) is 42.7. The Hall–Kier alpha value is -5.04. The number of carbonyl (C=O) groups is 3. The normalized spacial score (nSPS) is 13.6. The Morgan fingerprint density at radius 1 is 0.718 bits per heavy atom. The fraction of sp³-hybridized carbons (Fsp3) is 0.0938. The standard InChI is InChI=1S/C32H25FN2O4/c1-2-39-29-20-22(17-18-24(29)21-23-11-9-10-16-28(23)33)19-27-30(36)34(25-12-5-3-6-13-25)32(38)35(31(27)37)26-14-7-4-8-15-26/h3-20H,2,21H2,1H3. The van der Waals surface area contributed by atoms with Gasteiger partial charge in [0, 0.05) is 6.42 Å². The highest BCUT2D eigenvalue weighted by molar-refractivity contribution is 6.46. The van der Waals surface area contributed by atoms with Crippen LogP contribution in [0.5, 0.6) is 5.75 Å². The van der Waals surface area contributed by atoms with Crippen molar-refractivity contribution in [2.45, 2.75) is 13.3 Å². The lowest BCUT2D eigenvalue weighted by Gasteiger charge is -2.33. The Bertz CT molecular complexity index is 1500. The number of para-hydroxylation sites is 2. The molecule has 7 heteroatoms. The molecule has 1 saturated heterocycles. The fourth-order valence-corrected chi connectivity index (χ4v) is 4.45. The van der Waals surface area contributed by atoms with Crippen molar-refractivity contribution in [2.24, 2.45) is 0 Å². The van der Waals surface area contributed by atoms with Crippen LogP contribution >= 0.6 is 0 Å². The van der Waals surface area contributed by atoms with Crippen molar-refractivity contribution in [1.29, 1.82) is 0 Å². The maximum atomic E-state index is 14.3. The van der Waals surface area contributed by atoms with Gasteiger partial charge in [0.1, 0.15) is 17.1 Å². The highest BCUT2D eigenvalue weighted by Gasteiger charge is 2.43. The van der Waals surface area contributed by atoms with Gasteiger partial charge < -0.3 is 4.74 Å². The number of carbonyl (C=O) groups excluding carboxylic acids is 3. The summed E-state index contributed by atoms with van der Waals surface area (Å²) in [5.74, 6) is -1.24. The lowest BCUT2D eigenvalue weighted by Crippen LogP contribution is -2.57. The van der Waals surface area contributed by atoms with Crippen LogP contribution in [-0.4, -0.2) is 24.5 Å². The number of benzene rings is 4. The number of anilines is 2. The number of urea groups is 1. The van der Waals surface area contributed by atoms with Crippen molar-refractivity contribution in [1.82, 2.24) is 0 Å². The van der Waals surface area contributed by atoms with E-state index in [1.165, 1.54) is 12.1 Å². The molecule has 0 N–H and O–H groups in total. The van der Waals surface area contributed by atoms with E-state index in [1.54, 1.807) is 97.1 Å². The molecular formula is C32H25FN2O4. The highest BCUT2D eigenvalue weighted by Crippen LogP contribution is 2.31. The van der Waals surface area contributed by atoms with Crippen LogP contribution in [0.4, 0.5) is 20.6 Å². The zero-order valence-electron chi connectivity index (χ0n) is 21.2. The minimum atomic E-state index is -0.755. The van der Waals surface area contributed by atoms with Crippen LogP contribution in [0.3, 0.4) is 0 Å². The van der Waals surface area contributed by atoms with E-state index in [9.17, 15) is 18.8 Å². The van der Waals surface area contributed by atoms with E-state index in [0.29, 0.717) is 41.3 Å². The average Bonchev–Trinajstić information content (AvgIpc) is 2.95. The van der Waals surface area contributed by atoms with E-state index in [2.05, 4.69) is 0 Å². The van der Waals surface area contributed by atoms with E-state index >= 15 is 0 Å². The molecule has 0 bridgehead atoms.